The quantitative estimate of drug-likeness (QED) is 0.352. The zero-order valence-corrected chi connectivity index (χ0v) is 21.0. The number of thioether (sulfide) groups is 2. The lowest BCUT2D eigenvalue weighted by molar-refractivity contribution is 0.0674. The van der Waals surface area contributed by atoms with Crippen molar-refractivity contribution in [1.29, 1.82) is 0 Å². The molecule has 2 heterocycles. The molecule has 0 saturated carbocycles. The summed E-state index contributed by atoms with van der Waals surface area (Å²) in [6.07, 6.45) is 1.66. The van der Waals surface area contributed by atoms with Gasteiger partial charge in [0.15, 0.2) is 0 Å². The summed E-state index contributed by atoms with van der Waals surface area (Å²) < 4.78 is 29.8. The van der Waals surface area contributed by atoms with Gasteiger partial charge in [-0.2, -0.15) is 16.2 Å². The minimum Gasteiger partial charge on any atom is -0.238 e. The van der Waals surface area contributed by atoms with E-state index in [0.29, 0.717) is 16.6 Å². The van der Waals surface area contributed by atoms with Crippen LogP contribution in [0.1, 0.15) is 79.9 Å². The summed E-state index contributed by atoms with van der Waals surface area (Å²) in [6, 6.07) is 1.54. The van der Waals surface area contributed by atoms with Gasteiger partial charge in [-0.25, -0.2) is 9.37 Å². The number of hydrogen-bond donors (Lipinski definition) is 0. The summed E-state index contributed by atoms with van der Waals surface area (Å²) in [4.78, 5) is 3.75. The molecule has 0 aromatic carbocycles. The molecule has 2 atom stereocenters. The van der Waals surface area contributed by atoms with E-state index in [-0.39, 0.29) is 22.6 Å². The Morgan fingerprint density at radius 3 is 2.28 bits per heavy atom. The van der Waals surface area contributed by atoms with E-state index in [2.05, 4.69) is 43.9 Å². The Morgan fingerprint density at radius 1 is 1.17 bits per heavy atom. The van der Waals surface area contributed by atoms with Gasteiger partial charge in [-0.1, -0.05) is 80.0 Å². The molecule has 1 fully saturated rings. The summed E-state index contributed by atoms with van der Waals surface area (Å²) in [5, 5.41) is 3.36. The molecule has 5 heteroatoms. The summed E-state index contributed by atoms with van der Waals surface area (Å²) >= 11 is 3.23. The lowest BCUT2D eigenvalue weighted by atomic mass is 9.78. The third-order valence-electron chi connectivity index (χ3n) is 5.30. The Balaban J connectivity index is 0.000000612. The van der Waals surface area contributed by atoms with Gasteiger partial charge in [0, 0.05) is 39.7 Å². The second-order valence-corrected chi connectivity index (χ2v) is 12.6. The second-order valence-electron chi connectivity index (χ2n) is 9.46. The molecule has 0 aliphatic carbocycles. The number of aromatic nitrogens is 1. The SMILES string of the molecule is CC(C)C(C)C.CC(C)SC#Cc1cnc(F)c(C2(F)CC(C)(C)SCC2C)c1. The van der Waals surface area contributed by atoms with Crippen molar-refractivity contribution in [3.05, 3.63) is 29.3 Å². The molecule has 0 radical (unpaired) electrons. The molecule has 0 bridgehead atoms. The van der Waals surface area contributed by atoms with Crippen LogP contribution >= 0.6 is 23.5 Å². The van der Waals surface area contributed by atoms with Crippen LogP contribution in [0.2, 0.25) is 0 Å². The van der Waals surface area contributed by atoms with Crippen LogP contribution in [-0.2, 0) is 5.67 Å². The molecule has 1 aliphatic heterocycles. The van der Waals surface area contributed by atoms with Gasteiger partial charge in [0.2, 0.25) is 5.95 Å². The van der Waals surface area contributed by atoms with Crippen LogP contribution in [0.25, 0.3) is 0 Å². The maximum absolute atomic E-state index is 15.7. The number of pyridine rings is 1. The smallest absolute Gasteiger partial charge is 0.219 e. The normalized spacial score (nSPS) is 23.4. The maximum Gasteiger partial charge on any atom is 0.219 e. The topological polar surface area (TPSA) is 12.9 Å². The fourth-order valence-corrected chi connectivity index (χ4v) is 4.39. The van der Waals surface area contributed by atoms with Gasteiger partial charge in [0.05, 0.1) is 0 Å². The fourth-order valence-electron chi connectivity index (χ4n) is 2.70. The van der Waals surface area contributed by atoms with Gasteiger partial charge in [0.1, 0.15) is 5.67 Å². The van der Waals surface area contributed by atoms with Crippen molar-refractivity contribution < 1.29 is 8.78 Å². The van der Waals surface area contributed by atoms with Crippen molar-refractivity contribution >= 4 is 23.5 Å². The van der Waals surface area contributed by atoms with Gasteiger partial charge < -0.3 is 0 Å². The van der Waals surface area contributed by atoms with Crippen LogP contribution in [0.5, 0.6) is 0 Å². The van der Waals surface area contributed by atoms with Crippen molar-refractivity contribution in [2.24, 2.45) is 17.8 Å². The highest BCUT2D eigenvalue weighted by Crippen LogP contribution is 2.51. The first-order valence-electron chi connectivity index (χ1n) is 10.4. The van der Waals surface area contributed by atoms with E-state index in [1.807, 2.05) is 34.6 Å². The highest BCUT2D eigenvalue weighted by Gasteiger charge is 2.48. The van der Waals surface area contributed by atoms with E-state index >= 15 is 4.39 Å². The molecule has 29 heavy (non-hydrogen) atoms. The molecule has 2 unspecified atom stereocenters. The van der Waals surface area contributed by atoms with E-state index in [1.165, 1.54) is 18.0 Å². The monoisotopic (exact) mass is 441 g/mol. The molecular weight excluding hydrogens is 404 g/mol. The van der Waals surface area contributed by atoms with Gasteiger partial charge in [0.25, 0.3) is 0 Å². The second kappa shape index (κ2) is 11.0. The Labute approximate surface area is 185 Å². The van der Waals surface area contributed by atoms with Gasteiger partial charge in [-0.15, -0.1) is 0 Å². The van der Waals surface area contributed by atoms with Crippen molar-refractivity contribution in [1.82, 2.24) is 4.98 Å². The summed E-state index contributed by atoms with van der Waals surface area (Å²) in [5.41, 5.74) is -1.08. The number of halogens is 2. The lowest BCUT2D eigenvalue weighted by Crippen LogP contribution is -2.42. The number of alkyl halides is 1. The Kier molecular flexibility index (Phi) is 10.0. The molecular formula is C24H37F2NS2. The van der Waals surface area contributed by atoms with E-state index in [0.717, 1.165) is 11.8 Å². The predicted molar refractivity (Wildman–Crippen MR) is 127 cm³/mol. The standard InChI is InChI=1S/C18H23F2NS2.C6H14/c1-12(2)22-7-6-14-8-15(16(19)21-9-14)18(20)11-17(4,5)23-10-13(18)3;1-5(2)6(3)4/h8-9,12-13H,10-11H2,1-5H3;5-6H,1-4H3. The molecule has 1 saturated heterocycles. The molecule has 0 amide bonds. The van der Waals surface area contributed by atoms with E-state index in [1.54, 1.807) is 17.8 Å². The highest BCUT2D eigenvalue weighted by molar-refractivity contribution is 8.04. The molecule has 1 nitrogen and oxygen atoms in total. The summed E-state index contributed by atoms with van der Waals surface area (Å²) in [5.74, 6) is 4.34. The minimum atomic E-state index is -1.70. The van der Waals surface area contributed by atoms with Crippen LogP contribution in [0.3, 0.4) is 0 Å². The van der Waals surface area contributed by atoms with Crippen molar-refractivity contribution in [2.45, 2.75) is 84.4 Å². The third-order valence-corrected chi connectivity index (χ3v) is 7.58. The molecule has 0 N–H and O–H groups in total. The minimum absolute atomic E-state index is 0.0553. The van der Waals surface area contributed by atoms with E-state index in [9.17, 15) is 4.39 Å². The molecule has 1 aromatic rings. The highest BCUT2D eigenvalue weighted by atomic mass is 32.2. The number of rotatable bonds is 3. The maximum atomic E-state index is 15.7. The first-order valence-corrected chi connectivity index (χ1v) is 12.3. The molecule has 1 aromatic heterocycles. The van der Waals surface area contributed by atoms with Crippen molar-refractivity contribution in [3.63, 3.8) is 0 Å². The molecule has 0 spiro atoms. The van der Waals surface area contributed by atoms with Crippen LogP contribution < -0.4 is 0 Å². The largest absolute Gasteiger partial charge is 0.238 e. The molecule has 1 aliphatic rings. The lowest BCUT2D eigenvalue weighted by Gasteiger charge is -2.43. The van der Waals surface area contributed by atoms with Gasteiger partial charge in [-0.3, -0.25) is 0 Å². The third kappa shape index (κ3) is 8.13. The molecule has 164 valence electrons. The van der Waals surface area contributed by atoms with Crippen LogP contribution in [0.15, 0.2) is 12.3 Å². The predicted octanol–water partition coefficient (Wildman–Crippen LogP) is 7.69. The van der Waals surface area contributed by atoms with Crippen LogP contribution in [0, 0.1) is 34.9 Å². The molecule has 2 rings (SSSR count). The summed E-state index contributed by atoms with van der Waals surface area (Å²) in [7, 11) is 0. The van der Waals surface area contributed by atoms with Crippen molar-refractivity contribution in [2.75, 3.05) is 5.75 Å². The number of nitrogens with zero attached hydrogens (tertiary/aromatic N) is 1. The van der Waals surface area contributed by atoms with Crippen LogP contribution in [-0.4, -0.2) is 20.7 Å². The van der Waals surface area contributed by atoms with E-state index in [4.69, 9.17) is 0 Å². The average molecular weight is 442 g/mol. The van der Waals surface area contributed by atoms with Crippen LogP contribution in [0.4, 0.5) is 8.78 Å². The first-order chi connectivity index (χ1) is 13.3. The first kappa shape index (κ1) is 26.3. The Morgan fingerprint density at radius 2 is 1.76 bits per heavy atom. The van der Waals surface area contributed by atoms with Gasteiger partial charge >= 0.3 is 0 Å². The Hall–Kier alpha value is -0.730. The van der Waals surface area contributed by atoms with Crippen molar-refractivity contribution in [3.8, 4) is 11.2 Å². The Bertz CT molecular complexity index is 713. The summed E-state index contributed by atoms with van der Waals surface area (Å²) in [6.45, 7) is 18.9. The fraction of sp³-hybridized carbons (Fsp3) is 0.708. The van der Waals surface area contributed by atoms with E-state index < -0.39 is 11.6 Å². The zero-order valence-electron chi connectivity index (χ0n) is 19.4. The van der Waals surface area contributed by atoms with Gasteiger partial charge in [-0.05, 0) is 28.9 Å². The number of hydrogen-bond acceptors (Lipinski definition) is 3. The average Bonchev–Trinajstić information content (AvgIpc) is 2.59. The zero-order chi connectivity index (χ0) is 22.4.